The summed E-state index contributed by atoms with van der Waals surface area (Å²) in [4.78, 5) is 0. The van der Waals surface area contributed by atoms with E-state index in [1.807, 2.05) is 0 Å². The Hall–Kier alpha value is -0.505. The fourth-order valence-electron chi connectivity index (χ4n) is 1.24. The SMILES string of the molecule is [B]C(C)C[C@@H](F)C(O)C(O)(C(F)(F)F)C(F)(F)F. The number of rotatable bonds is 4. The van der Waals surface area contributed by atoms with Crippen LogP contribution in [0.4, 0.5) is 30.7 Å². The van der Waals surface area contributed by atoms with Crippen molar-refractivity contribution in [3.05, 3.63) is 0 Å². The molecule has 0 aromatic rings. The quantitative estimate of drug-likeness (QED) is 0.611. The minimum absolute atomic E-state index is 0.963. The van der Waals surface area contributed by atoms with E-state index in [0.717, 1.165) is 6.92 Å². The molecule has 0 fully saturated rings. The van der Waals surface area contributed by atoms with Crippen LogP contribution < -0.4 is 0 Å². The normalized spacial score (nSPS) is 19.4. The summed E-state index contributed by atoms with van der Waals surface area (Å²) in [5.74, 6) is -1.08. The lowest BCUT2D eigenvalue weighted by molar-refractivity contribution is -0.395. The van der Waals surface area contributed by atoms with E-state index in [0.29, 0.717) is 0 Å². The van der Waals surface area contributed by atoms with Crippen molar-refractivity contribution < 1.29 is 40.9 Å². The molecule has 0 aromatic heterocycles. The molecular weight excluding hydrogens is 272 g/mol. The first-order chi connectivity index (χ1) is 7.75. The number of alkyl halides is 7. The molecule has 0 spiro atoms. The third-order valence-corrected chi connectivity index (χ3v) is 2.23. The summed E-state index contributed by atoms with van der Waals surface area (Å²) in [5, 5.41) is 17.5. The molecule has 0 aliphatic heterocycles. The second kappa shape index (κ2) is 5.24. The second-order valence-corrected chi connectivity index (χ2v) is 3.94. The fourth-order valence-corrected chi connectivity index (χ4v) is 1.24. The van der Waals surface area contributed by atoms with Crippen LogP contribution in [0.15, 0.2) is 0 Å². The zero-order valence-electron chi connectivity index (χ0n) is 9.06. The van der Waals surface area contributed by atoms with Gasteiger partial charge in [0, 0.05) is 0 Å². The number of hydrogen-bond acceptors (Lipinski definition) is 2. The van der Waals surface area contributed by atoms with E-state index in [4.69, 9.17) is 18.1 Å². The molecule has 0 rings (SSSR count). The molecule has 10 heteroatoms. The van der Waals surface area contributed by atoms with Crippen LogP contribution in [-0.2, 0) is 0 Å². The molecule has 2 N–H and O–H groups in total. The maximum absolute atomic E-state index is 13.1. The average molecular weight is 282 g/mol. The van der Waals surface area contributed by atoms with Crippen LogP contribution in [-0.4, -0.2) is 48.3 Å². The molecule has 18 heavy (non-hydrogen) atoms. The highest BCUT2D eigenvalue weighted by Gasteiger charge is 2.75. The Labute approximate surface area is 99.2 Å². The van der Waals surface area contributed by atoms with E-state index in [-0.39, 0.29) is 0 Å². The number of halogens is 7. The standard InChI is InChI=1S/C8H10BF7O2/c1-3(9)2-4(10)5(17)6(18,7(11,12)13)8(14,15)16/h3-5,17-18H,2H2,1H3/t3?,4-,5?/m1/s1. The van der Waals surface area contributed by atoms with Gasteiger partial charge in [0.15, 0.2) is 0 Å². The molecule has 0 bridgehead atoms. The largest absolute Gasteiger partial charge is 0.429 e. The van der Waals surface area contributed by atoms with E-state index >= 15 is 0 Å². The van der Waals surface area contributed by atoms with Crippen molar-refractivity contribution >= 4 is 7.85 Å². The molecule has 3 atom stereocenters. The minimum atomic E-state index is -6.27. The Kier molecular flexibility index (Phi) is 5.09. The highest BCUT2D eigenvalue weighted by atomic mass is 19.4. The molecular formula is C8H10BF7O2. The molecule has 0 aliphatic carbocycles. The van der Waals surface area contributed by atoms with E-state index in [1.54, 1.807) is 0 Å². The third kappa shape index (κ3) is 3.28. The Balaban J connectivity index is 5.37. The molecule has 0 saturated heterocycles. The van der Waals surface area contributed by atoms with Crippen molar-refractivity contribution in [1.29, 1.82) is 0 Å². The Morgan fingerprint density at radius 2 is 1.39 bits per heavy atom. The summed E-state index contributed by atoms with van der Waals surface area (Å²) in [7, 11) is 5.00. The van der Waals surface area contributed by atoms with Gasteiger partial charge in [-0.05, 0) is 6.42 Å². The molecule has 2 unspecified atom stereocenters. The lowest BCUT2D eigenvalue weighted by Crippen LogP contribution is -2.66. The van der Waals surface area contributed by atoms with Crippen LogP contribution in [0.2, 0.25) is 5.82 Å². The van der Waals surface area contributed by atoms with Crippen molar-refractivity contribution in [3.63, 3.8) is 0 Å². The lowest BCUT2D eigenvalue weighted by atomic mass is 9.81. The highest BCUT2D eigenvalue weighted by molar-refractivity contribution is 6.11. The number of aliphatic hydroxyl groups excluding tert-OH is 1. The van der Waals surface area contributed by atoms with Crippen LogP contribution in [0.5, 0.6) is 0 Å². The van der Waals surface area contributed by atoms with Crippen molar-refractivity contribution in [3.8, 4) is 0 Å². The molecule has 2 nitrogen and oxygen atoms in total. The summed E-state index contributed by atoms with van der Waals surface area (Å²) in [6, 6.07) is 0. The van der Waals surface area contributed by atoms with Gasteiger partial charge in [0.25, 0.3) is 5.60 Å². The van der Waals surface area contributed by atoms with E-state index in [1.165, 1.54) is 0 Å². The Bertz CT molecular complexity index is 262. The van der Waals surface area contributed by atoms with Crippen molar-refractivity contribution in [1.82, 2.24) is 0 Å². The third-order valence-electron chi connectivity index (χ3n) is 2.23. The number of hydrogen-bond donors (Lipinski definition) is 2. The van der Waals surface area contributed by atoms with Crippen LogP contribution in [0, 0.1) is 0 Å². The molecule has 0 heterocycles. The molecule has 2 radical (unpaired) electrons. The Morgan fingerprint density at radius 3 is 1.61 bits per heavy atom. The molecule has 0 saturated carbocycles. The van der Waals surface area contributed by atoms with Gasteiger partial charge in [-0.2, -0.15) is 26.3 Å². The summed E-state index contributed by atoms with van der Waals surface area (Å²) < 4.78 is 86.4. The predicted molar refractivity (Wildman–Crippen MR) is 47.8 cm³/mol. The number of aliphatic hydroxyl groups is 2. The van der Waals surface area contributed by atoms with Crippen LogP contribution in [0.25, 0.3) is 0 Å². The van der Waals surface area contributed by atoms with Gasteiger partial charge in [0.2, 0.25) is 0 Å². The second-order valence-electron chi connectivity index (χ2n) is 3.94. The highest BCUT2D eigenvalue weighted by Crippen LogP contribution is 2.46. The molecule has 0 amide bonds. The maximum atomic E-state index is 13.1. The van der Waals surface area contributed by atoms with E-state index < -0.39 is 42.5 Å². The zero-order valence-corrected chi connectivity index (χ0v) is 9.06. The summed E-state index contributed by atoms with van der Waals surface area (Å²) in [6.07, 6.45) is -20.2. The van der Waals surface area contributed by atoms with Gasteiger partial charge >= 0.3 is 12.4 Å². The van der Waals surface area contributed by atoms with Crippen molar-refractivity contribution in [2.75, 3.05) is 0 Å². The zero-order chi connectivity index (χ0) is 14.9. The van der Waals surface area contributed by atoms with Crippen molar-refractivity contribution in [2.24, 2.45) is 0 Å². The summed E-state index contributed by atoms with van der Waals surface area (Å²) in [6.45, 7) is 1.12. The van der Waals surface area contributed by atoms with Gasteiger partial charge in [-0.3, -0.25) is 0 Å². The van der Waals surface area contributed by atoms with Crippen LogP contribution >= 0.6 is 0 Å². The van der Waals surface area contributed by atoms with Gasteiger partial charge in [0.05, 0.1) is 7.85 Å². The maximum Gasteiger partial charge on any atom is 0.429 e. The average Bonchev–Trinajstić information content (AvgIpc) is 2.10. The van der Waals surface area contributed by atoms with E-state index in [9.17, 15) is 30.7 Å². The smallest absolute Gasteiger partial charge is 0.386 e. The fraction of sp³-hybridized carbons (Fsp3) is 1.00. The minimum Gasteiger partial charge on any atom is -0.386 e. The van der Waals surface area contributed by atoms with Crippen molar-refractivity contribution in [2.45, 2.75) is 49.4 Å². The van der Waals surface area contributed by atoms with Gasteiger partial charge in [0.1, 0.15) is 12.3 Å². The van der Waals surface area contributed by atoms with Crippen LogP contribution in [0.3, 0.4) is 0 Å². The summed E-state index contributed by atoms with van der Waals surface area (Å²) in [5.41, 5.74) is -5.53. The topological polar surface area (TPSA) is 40.5 Å². The van der Waals surface area contributed by atoms with E-state index in [2.05, 4.69) is 0 Å². The lowest BCUT2D eigenvalue weighted by Gasteiger charge is -2.37. The van der Waals surface area contributed by atoms with Gasteiger partial charge in [-0.25, -0.2) is 4.39 Å². The first-order valence-corrected chi connectivity index (χ1v) is 4.68. The van der Waals surface area contributed by atoms with Crippen LogP contribution in [0.1, 0.15) is 13.3 Å². The molecule has 0 aromatic carbocycles. The summed E-state index contributed by atoms with van der Waals surface area (Å²) >= 11 is 0. The van der Waals surface area contributed by atoms with Gasteiger partial charge in [-0.15, -0.1) is 0 Å². The Morgan fingerprint density at radius 1 is 1.06 bits per heavy atom. The first kappa shape index (κ1) is 17.5. The molecule has 0 aliphatic rings. The van der Waals surface area contributed by atoms with Gasteiger partial charge < -0.3 is 10.2 Å². The monoisotopic (exact) mass is 282 g/mol. The predicted octanol–water partition coefficient (Wildman–Crippen LogP) is 1.91. The molecule has 106 valence electrons. The first-order valence-electron chi connectivity index (χ1n) is 4.68. The van der Waals surface area contributed by atoms with Gasteiger partial charge in [-0.1, -0.05) is 12.7 Å².